The Morgan fingerprint density at radius 1 is 1.23 bits per heavy atom. The van der Waals surface area contributed by atoms with Gasteiger partial charge >= 0.3 is 0 Å². The lowest BCUT2D eigenvalue weighted by atomic mass is 10.1. The molecule has 0 aliphatic heterocycles. The summed E-state index contributed by atoms with van der Waals surface area (Å²) in [5.41, 5.74) is 2.51. The molecular weight excluding hydrogens is 160 g/mol. The minimum atomic E-state index is -0.325. The maximum atomic E-state index is 9.75. The van der Waals surface area contributed by atoms with E-state index in [1.165, 1.54) is 18.4 Å². The molecule has 0 bridgehead atoms. The van der Waals surface area contributed by atoms with Crippen LogP contribution in [0, 0.1) is 0 Å². The van der Waals surface area contributed by atoms with Crippen LogP contribution in [0.25, 0.3) is 0 Å². The summed E-state index contributed by atoms with van der Waals surface area (Å²) in [5, 5.41) is 9.75. The van der Waals surface area contributed by atoms with Crippen molar-refractivity contribution in [2.75, 3.05) is 0 Å². The summed E-state index contributed by atoms with van der Waals surface area (Å²) in [6.07, 6.45) is 5.08. The molecule has 13 heavy (non-hydrogen) atoms. The van der Waals surface area contributed by atoms with Crippen LogP contribution in [0.4, 0.5) is 0 Å². The standard InChI is InChI=1S/C12H14O/c13-12(9-8-10-6-7-10)11-4-2-1-3-5-11/h1-5,8,12-13H,6-7,9H2. The predicted molar refractivity (Wildman–Crippen MR) is 53.3 cm³/mol. The highest BCUT2D eigenvalue weighted by atomic mass is 16.3. The largest absolute Gasteiger partial charge is 0.388 e. The van der Waals surface area contributed by atoms with Crippen molar-refractivity contribution in [2.45, 2.75) is 25.4 Å². The second-order valence-electron chi connectivity index (χ2n) is 3.52. The number of aliphatic hydroxyl groups excluding tert-OH is 1. The van der Waals surface area contributed by atoms with Gasteiger partial charge in [-0.05, 0) is 24.8 Å². The second-order valence-corrected chi connectivity index (χ2v) is 3.52. The minimum absolute atomic E-state index is 0.325. The van der Waals surface area contributed by atoms with Gasteiger partial charge in [0.05, 0.1) is 6.10 Å². The van der Waals surface area contributed by atoms with E-state index in [1.807, 2.05) is 30.3 Å². The van der Waals surface area contributed by atoms with Gasteiger partial charge in [-0.3, -0.25) is 0 Å². The number of hydrogen-bond acceptors (Lipinski definition) is 1. The third kappa shape index (κ3) is 2.43. The molecule has 1 aliphatic carbocycles. The quantitative estimate of drug-likeness (QED) is 0.698. The first kappa shape index (κ1) is 8.52. The molecule has 0 spiro atoms. The highest BCUT2D eigenvalue weighted by Crippen LogP contribution is 2.29. The van der Waals surface area contributed by atoms with Crippen LogP contribution in [0.5, 0.6) is 0 Å². The van der Waals surface area contributed by atoms with E-state index in [0.29, 0.717) is 0 Å². The molecule has 1 unspecified atom stereocenters. The van der Waals surface area contributed by atoms with Gasteiger partial charge in [0.1, 0.15) is 0 Å². The van der Waals surface area contributed by atoms with Crippen LogP contribution in [0.2, 0.25) is 0 Å². The third-order valence-corrected chi connectivity index (χ3v) is 2.35. The smallest absolute Gasteiger partial charge is 0.0824 e. The first-order valence-electron chi connectivity index (χ1n) is 4.77. The first-order valence-corrected chi connectivity index (χ1v) is 4.77. The molecular formula is C12H14O. The van der Waals surface area contributed by atoms with Gasteiger partial charge in [-0.1, -0.05) is 42.0 Å². The van der Waals surface area contributed by atoms with Crippen LogP contribution in [0.15, 0.2) is 42.0 Å². The first-order chi connectivity index (χ1) is 6.36. The Hall–Kier alpha value is -1.08. The van der Waals surface area contributed by atoms with Crippen molar-refractivity contribution in [3.8, 4) is 0 Å². The summed E-state index contributed by atoms with van der Waals surface area (Å²) < 4.78 is 0. The molecule has 68 valence electrons. The molecule has 0 saturated heterocycles. The van der Waals surface area contributed by atoms with E-state index in [0.717, 1.165) is 12.0 Å². The van der Waals surface area contributed by atoms with Crippen molar-refractivity contribution < 1.29 is 5.11 Å². The zero-order valence-corrected chi connectivity index (χ0v) is 7.61. The third-order valence-electron chi connectivity index (χ3n) is 2.35. The maximum Gasteiger partial charge on any atom is 0.0824 e. The fraction of sp³-hybridized carbons (Fsp3) is 0.333. The average molecular weight is 174 g/mol. The lowest BCUT2D eigenvalue weighted by Crippen LogP contribution is -1.94. The molecule has 0 radical (unpaired) electrons. The van der Waals surface area contributed by atoms with Gasteiger partial charge in [-0.15, -0.1) is 0 Å². The van der Waals surface area contributed by atoms with E-state index < -0.39 is 0 Å². The molecule has 0 heterocycles. The minimum Gasteiger partial charge on any atom is -0.388 e. The number of benzene rings is 1. The molecule has 1 aliphatic rings. The summed E-state index contributed by atoms with van der Waals surface area (Å²) in [6, 6.07) is 9.83. The van der Waals surface area contributed by atoms with Crippen LogP contribution in [-0.4, -0.2) is 5.11 Å². The Kier molecular flexibility index (Phi) is 2.46. The lowest BCUT2D eigenvalue weighted by Gasteiger charge is -2.06. The Balaban J connectivity index is 1.96. The summed E-state index contributed by atoms with van der Waals surface area (Å²) in [7, 11) is 0. The van der Waals surface area contributed by atoms with E-state index in [9.17, 15) is 5.11 Å². The van der Waals surface area contributed by atoms with Crippen LogP contribution in [0.1, 0.15) is 30.9 Å². The number of allylic oxidation sites excluding steroid dienone is 1. The van der Waals surface area contributed by atoms with Crippen LogP contribution >= 0.6 is 0 Å². The van der Waals surface area contributed by atoms with Crippen LogP contribution < -0.4 is 0 Å². The molecule has 1 fully saturated rings. The summed E-state index contributed by atoms with van der Waals surface area (Å²) in [5.74, 6) is 0. The Bertz CT molecular complexity index is 294. The topological polar surface area (TPSA) is 20.2 Å². The molecule has 1 aromatic carbocycles. The van der Waals surface area contributed by atoms with Crippen molar-refractivity contribution in [3.63, 3.8) is 0 Å². The highest BCUT2D eigenvalue weighted by molar-refractivity contribution is 5.21. The van der Waals surface area contributed by atoms with E-state index >= 15 is 0 Å². The van der Waals surface area contributed by atoms with Gasteiger partial charge in [-0.25, -0.2) is 0 Å². The summed E-state index contributed by atoms with van der Waals surface area (Å²) in [6.45, 7) is 0. The Morgan fingerprint density at radius 2 is 1.92 bits per heavy atom. The van der Waals surface area contributed by atoms with E-state index in [-0.39, 0.29) is 6.10 Å². The molecule has 1 aromatic rings. The van der Waals surface area contributed by atoms with Crippen LogP contribution in [0.3, 0.4) is 0 Å². The second kappa shape index (κ2) is 3.75. The zero-order valence-electron chi connectivity index (χ0n) is 7.61. The Labute approximate surface area is 78.7 Å². The predicted octanol–water partition coefficient (Wildman–Crippen LogP) is 2.83. The number of rotatable bonds is 3. The van der Waals surface area contributed by atoms with E-state index in [2.05, 4.69) is 6.08 Å². The van der Waals surface area contributed by atoms with Crippen molar-refractivity contribution >= 4 is 0 Å². The fourth-order valence-corrected chi connectivity index (χ4v) is 1.37. The van der Waals surface area contributed by atoms with E-state index in [1.54, 1.807) is 0 Å². The SMILES string of the molecule is OC(CC=C1CC1)c1ccccc1. The maximum absolute atomic E-state index is 9.75. The summed E-state index contributed by atoms with van der Waals surface area (Å²) in [4.78, 5) is 0. The molecule has 1 heteroatoms. The molecule has 0 aromatic heterocycles. The summed E-state index contributed by atoms with van der Waals surface area (Å²) >= 11 is 0. The fourth-order valence-electron chi connectivity index (χ4n) is 1.37. The van der Waals surface area contributed by atoms with Crippen LogP contribution in [-0.2, 0) is 0 Å². The molecule has 2 rings (SSSR count). The Morgan fingerprint density at radius 3 is 2.54 bits per heavy atom. The molecule has 1 saturated carbocycles. The van der Waals surface area contributed by atoms with Crippen molar-refractivity contribution in [3.05, 3.63) is 47.5 Å². The van der Waals surface area contributed by atoms with Gasteiger partial charge in [0.15, 0.2) is 0 Å². The lowest BCUT2D eigenvalue weighted by molar-refractivity contribution is 0.181. The average Bonchev–Trinajstić information content (AvgIpc) is 2.99. The molecule has 1 atom stereocenters. The van der Waals surface area contributed by atoms with Gasteiger partial charge in [0.25, 0.3) is 0 Å². The van der Waals surface area contributed by atoms with Crippen molar-refractivity contribution in [2.24, 2.45) is 0 Å². The van der Waals surface area contributed by atoms with E-state index in [4.69, 9.17) is 0 Å². The van der Waals surface area contributed by atoms with Gasteiger partial charge in [-0.2, -0.15) is 0 Å². The molecule has 0 amide bonds. The van der Waals surface area contributed by atoms with Gasteiger partial charge < -0.3 is 5.11 Å². The number of aliphatic hydroxyl groups is 1. The monoisotopic (exact) mass is 174 g/mol. The van der Waals surface area contributed by atoms with Crippen molar-refractivity contribution in [1.82, 2.24) is 0 Å². The van der Waals surface area contributed by atoms with Gasteiger partial charge in [0, 0.05) is 0 Å². The number of hydrogen-bond donors (Lipinski definition) is 1. The van der Waals surface area contributed by atoms with Crippen molar-refractivity contribution in [1.29, 1.82) is 0 Å². The zero-order chi connectivity index (χ0) is 9.10. The normalized spacial score (nSPS) is 16.8. The molecule has 1 nitrogen and oxygen atoms in total. The molecule has 1 N–H and O–H groups in total. The highest BCUT2D eigenvalue weighted by Gasteiger charge is 2.11. The van der Waals surface area contributed by atoms with Gasteiger partial charge in [0.2, 0.25) is 0 Å².